The Balaban J connectivity index is 1.99. The highest BCUT2D eigenvalue weighted by atomic mass is 32.2. The lowest BCUT2D eigenvalue weighted by molar-refractivity contribution is -0.141. The molecule has 0 aliphatic rings. The van der Waals surface area contributed by atoms with E-state index in [1.807, 2.05) is 6.07 Å². The van der Waals surface area contributed by atoms with Gasteiger partial charge in [-0.05, 0) is 28.8 Å². The van der Waals surface area contributed by atoms with Crippen molar-refractivity contribution in [1.82, 2.24) is 14.5 Å². The van der Waals surface area contributed by atoms with Crippen molar-refractivity contribution in [2.45, 2.75) is 19.1 Å². The van der Waals surface area contributed by atoms with E-state index in [0.717, 1.165) is 16.1 Å². The molecule has 1 N–H and O–H groups in total. The number of nitrogens with one attached hydrogen (secondary N) is 1. The molecule has 0 saturated heterocycles. The predicted molar refractivity (Wildman–Crippen MR) is 132 cm³/mol. The Labute approximate surface area is 205 Å². The van der Waals surface area contributed by atoms with Gasteiger partial charge >= 0.3 is 0 Å². The lowest BCUT2D eigenvalue weighted by Gasteiger charge is -2.33. The van der Waals surface area contributed by atoms with Gasteiger partial charge in [-0.25, -0.2) is 12.8 Å². The minimum atomic E-state index is -3.75. The van der Waals surface area contributed by atoms with Gasteiger partial charge in [0.15, 0.2) is 0 Å². The highest BCUT2D eigenvalue weighted by Gasteiger charge is 2.33. The molecule has 1 atom stereocenters. The lowest BCUT2D eigenvalue weighted by atomic mass is 10.0. The van der Waals surface area contributed by atoms with E-state index in [0.29, 0.717) is 11.1 Å². The maximum atomic E-state index is 13.7. The highest BCUT2D eigenvalue weighted by molar-refractivity contribution is 7.88. The van der Waals surface area contributed by atoms with Crippen LogP contribution in [-0.4, -0.2) is 49.3 Å². The number of carbonyl (C=O) groups excluding carboxylic acids is 2. The van der Waals surface area contributed by atoms with Crippen LogP contribution in [0.5, 0.6) is 0 Å². The zero-order valence-corrected chi connectivity index (χ0v) is 20.4. The summed E-state index contributed by atoms with van der Waals surface area (Å²) in [6.45, 7) is -0.476. The molecule has 0 aliphatic carbocycles. The third-order valence-electron chi connectivity index (χ3n) is 5.49. The van der Waals surface area contributed by atoms with Gasteiger partial charge in [-0.1, -0.05) is 72.8 Å². The monoisotopic (exact) mass is 497 g/mol. The third-order valence-corrected chi connectivity index (χ3v) is 6.69. The molecule has 7 nitrogen and oxygen atoms in total. The van der Waals surface area contributed by atoms with Crippen molar-refractivity contribution in [2.24, 2.45) is 0 Å². The van der Waals surface area contributed by atoms with Crippen LogP contribution < -0.4 is 5.32 Å². The number of hydrogen-bond donors (Lipinski definition) is 1. The summed E-state index contributed by atoms with van der Waals surface area (Å²) in [5, 5.41) is 2.59. The second kappa shape index (κ2) is 11.7. The maximum Gasteiger partial charge on any atom is 0.247 e. The molecule has 3 aromatic rings. The van der Waals surface area contributed by atoms with Gasteiger partial charge in [-0.2, -0.15) is 4.31 Å². The molecular weight excluding hydrogens is 469 g/mol. The van der Waals surface area contributed by atoms with Crippen molar-refractivity contribution in [3.63, 3.8) is 0 Å². The Bertz CT molecular complexity index is 1240. The molecule has 0 saturated carbocycles. The molecule has 0 unspecified atom stereocenters. The Morgan fingerprint density at radius 2 is 1.40 bits per heavy atom. The van der Waals surface area contributed by atoms with Crippen molar-refractivity contribution in [1.29, 1.82) is 0 Å². The number of amides is 2. The van der Waals surface area contributed by atoms with E-state index in [-0.39, 0.29) is 13.1 Å². The molecular formula is C26H28FN3O4S. The van der Waals surface area contributed by atoms with E-state index in [2.05, 4.69) is 5.32 Å². The summed E-state index contributed by atoms with van der Waals surface area (Å²) in [5.41, 5.74) is 1.89. The summed E-state index contributed by atoms with van der Waals surface area (Å²) in [4.78, 5) is 28.0. The number of hydrogen-bond acceptors (Lipinski definition) is 4. The van der Waals surface area contributed by atoms with Gasteiger partial charge in [-0.15, -0.1) is 0 Å². The fourth-order valence-corrected chi connectivity index (χ4v) is 4.40. The first-order valence-corrected chi connectivity index (χ1v) is 12.8. The van der Waals surface area contributed by atoms with Crippen LogP contribution in [-0.2, 0) is 32.7 Å². The first-order chi connectivity index (χ1) is 16.7. The molecule has 9 heteroatoms. The smallest absolute Gasteiger partial charge is 0.247 e. The van der Waals surface area contributed by atoms with Crippen molar-refractivity contribution >= 4 is 21.8 Å². The molecule has 3 rings (SSSR count). The van der Waals surface area contributed by atoms with Crippen LogP contribution in [0.25, 0.3) is 0 Å². The van der Waals surface area contributed by atoms with Gasteiger partial charge in [0.1, 0.15) is 11.9 Å². The van der Waals surface area contributed by atoms with E-state index in [4.69, 9.17) is 0 Å². The van der Waals surface area contributed by atoms with E-state index in [9.17, 15) is 22.4 Å². The Morgan fingerprint density at radius 1 is 0.857 bits per heavy atom. The third kappa shape index (κ3) is 7.21. The summed E-state index contributed by atoms with van der Waals surface area (Å²) in [6, 6.07) is 22.3. The van der Waals surface area contributed by atoms with E-state index < -0.39 is 40.2 Å². The second-order valence-electron chi connectivity index (χ2n) is 8.09. The van der Waals surface area contributed by atoms with Gasteiger partial charge in [0.25, 0.3) is 0 Å². The molecule has 0 fully saturated rings. The molecule has 0 aliphatic heterocycles. The van der Waals surface area contributed by atoms with E-state index in [1.54, 1.807) is 54.6 Å². The van der Waals surface area contributed by atoms with E-state index in [1.165, 1.54) is 36.2 Å². The maximum absolute atomic E-state index is 13.7. The molecule has 35 heavy (non-hydrogen) atoms. The average Bonchev–Trinajstić information content (AvgIpc) is 2.85. The van der Waals surface area contributed by atoms with Crippen LogP contribution in [0.15, 0.2) is 84.9 Å². The molecule has 184 valence electrons. The number of benzene rings is 3. The SMILES string of the molecule is CNC(=O)[C@H](c1ccccc1)N(Cc1ccc(F)cc1)C(=O)CN(Cc1ccccc1)S(C)(=O)=O. The van der Waals surface area contributed by atoms with Crippen LogP contribution in [0.2, 0.25) is 0 Å². The summed E-state index contributed by atoms with van der Waals surface area (Å²) < 4.78 is 39.7. The van der Waals surface area contributed by atoms with Crippen molar-refractivity contribution in [3.05, 3.63) is 107 Å². The number of halogens is 1. The van der Waals surface area contributed by atoms with Gasteiger partial charge in [0.05, 0.1) is 12.8 Å². The molecule has 0 heterocycles. The molecule has 0 aromatic heterocycles. The number of nitrogens with zero attached hydrogens (tertiary/aromatic N) is 2. The number of likely N-dealkylation sites (N-methyl/N-ethyl adjacent to an activating group) is 1. The van der Waals surface area contributed by atoms with Crippen LogP contribution in [0.4, 0.5) is 4.39 Å². The van der Waals surface area contributed by atoms with Crippen LogP contribution >= 0.6 is 0 Å². The molecule has 0 radical (unpaired) electrons. The predicted octanol–water partition coefficient (Wildman–Crippen LogP) is 3.10. The molecule has 0 bridgehead atoms. The average molecular weight is 498 g/mol. The first kappa shape index (κ1) is 26.1. The summed E-state index contributed by atoms with van der Waals surface area (Å²) >= 11 is 0. The van der Waals surface area contributed by atoms with Crippen molar-refractivity contribution in [2.75, 3.05) is 19.8 Å². The lowest BCUT2D eigenvalue weighted by Crippen LogP contribution is -2.47. The fraction of sp³-hybridized carbons (Fsp3) is 0.231. The largest absolute Gasteiger partial charge is 0.357 e. The van der Waals surface area contributed by atoms with Gasteiger partial charge < -0.3 is 10.2 Å². The normalized spacial score (nSPS) is 12.2. The molecule has 3 aromatic carbocycles. The van der Waals surface area contributed by atoms with Crippen LogP contribution in [0.1, 0.15) is 22.7 Å². The van der Waals surface area contributed by atoms with Gasteiger partial charge in [0.2, 0.25) is 21.8 Å². The van der Waals surface area contributed by atoms with Gasteiger partial charge in [0, 0.05) is 20.1 Å². The summed E-state index contributed by atoms with van der Waals surface area (Å²) in [7, 11) is -2.28. The molecule has 2 amide bonds. The zero-order valence-electron chi connectivity index (χ0n) is 19.6. The van der Waals surface area contributed by atoms with Crippen LogP contribution in [0.3, 0.4) is 0 Å². The standard InChI is InChI=1S/C26H28FN3O4S/c1-28-26(32)25(22-11-7-4-8-12-22)30(18-21-13-15-23(27)16-14-21)24(31)19-29(35(2,33)34)17-20-9-5-3-6-10-20/h3-16,25H,17-19H2,1-2H3,(H,28,32)/t25-/m0/s1. The first-order valence-electron chi connectivity index (χ1n) is 11.0. The summed E-state index contributed by atoms with van der Waals surface area (Å²) in [5.74, 6) is -1.42. The van der Waals surface area contributed by atoms with Crippen molar-refractivity contribution < 1.29 is 22.4 Å². The van der Waals surface area contributed by atoms with Crippen LogP contribution in [0, 0.1) is 5.82 Å². The minimum absolute atomic E-state index is 0.00573. The highest BCUT2D eigenvalue weighted by Crippen LogP contribution is 2.25. The Morgan fingerprint density at radius 3 is 1.94 bits per heavy atom. The Hall–Kier alpha value is -3.56. The zero-order chi connectivity index (χ0) is 25.4. The topological polar surface area (TPSA) is 86.8 Å². The minimum Gasteiger partial charge on any atom is -0.357 e. The Kier molecular flexibility index (Phi) is 8.73. The van der Waals surface area contributed by atoms with Crippen molar-refractivity contribution in [3.8, 4) is 0 Å². The van der Waals surface area contributed by atoms with Gasteiger partial charge in [-0.3, -0.25) is 9.59 Å². The summed E-state index contributed by atoms with van der Waals surface area (Å²) in [6.07, 6.45) is 1.04. The fourth-order valence-electron chi connectivity index (χ4n) is 3.67. The van der Waals surface area contributed by atoms with E-state index >= 15 is 0 Å². The quantitative estimate of drug-likeness (QED) is 0.466. The number of sulfonamides is 1. The molecule has 0 spiro atoms. The number of carbonyl (C=O) groups is 2. The second-order valence-corrected chi connectivity index (χ2v) is 10.1. The number of rotatable bonds is 10.